The van der Waals surface area contributed by atoms with Crippen LogP contribution in [0.4, 0.5) is 0 Å². The van der Waals surface area contributed by atoms with E-state index >= 15 is 0 Å². The van der Waals surface area contributed by atoms with E-state index in [1.165, 1.54) is 23.8 Å². The molecule has 2 aliphatic rings. The van der Waals surface area contributed by atoms with Gasteiger partial charge in [-0.1, -0.05) is 35.9 Å². The maximum absolute atomic E-state index is 13.2. The van der Waals surface area contributed by atoms with E-state index in [-0.39, 0.29) is 46.7 Å². The highest BCUT2D eigenvalue weighted by Crippen LogP contribution is 2.40. The lowest BCUT2D eigenvalue weighted by Gasteiger charge is -2.24. The van der Waals surface area contributed by atoms with Gasteiger partial charge in [-0.2, -0.15) is 5.10 Å². The van der Waals surface area contributed by atoms with E-state index in [1.807, 2.05) is 13.0 Å². The van der Waals surface area contributed by atoms with E-state index in [4.69, 9.17) is 21.1 Å². The molecule has 33 heavy (non-hydrogen) atoms. The number of carbonyl (C=O) groups is 3. The average molecular weight is 471 g/mol. The molecule has 172 valence electrons. The monoisotopic (exact) mass is 470 g/mol. The lowest BCUT2D eigenvalue weighted by Crippen LogP contribution is -2.36. The second kappa shape index (κ2) is 9.19. The lowest BCUT2D eigenvalue weighted by molar-refractivity contribution is -0.145. The van der Waals surface area contributed by atoms with Gasteiger partial charge in [-0.15, -0.1) is 0 Å². The van der Waals surface area contributed by atoms with Crippen molar-refractivity contribution in [3.05, 3.63) is 64.1 Å². The second-order valence-electron chi connectivity index (χ2n) is 7.85. The number of carbonyl (C=O) groups excluding carboxylic acids is 3. The molecule has 1 saturated carbocycles. The second-order valence-corrected chi connectivity index (χ2v) is 8.24. The number of halogens is 1. The zero-order valence-corrected chi connectivity index (χ0v) is 19.0. The van der Waals surface area contributed by atoms with Crippen LogP contribution in [-0.2, 0) is 14.3 Å². The van der Waals surface area contributed by atoms with E-state index in [0.29, 0.717) is 12.8 Å². The Bertz CT molecular complexity index is 1230. The summed E-state index contributed by atoms with van der Waals surface area (Å²) in [5, 5.41) is 7.27. The van der Waals surface area contributed by atoms with E-state index in [9.17, 15) is 14.4 Å². The van der Waals surface area contributed by atoms with Crippen molar-refractivity contribution in [3.8, 4) is 0 Å². The Balaban J connectivity index is 1.58. The molecule has 0 spiro atoms. The van der Waals surface area contributed by atoms with Crippen LogP contribution in [0.3, 0.4) is 0 Å². The van der Waals surface area contributed by atoms with Crippen LogP contribution in [0, 0.1) is 5.92 Å². The average Bonchev–Trinajstić information content (AvgIpc) is 3.39. The molecule has 0 aliphatic heterocycles. The molecule has 2 heterocycles. The lowest BCUT2D eigenvalue weighted by atomic mass is 9.84. The minimum absolute atomic E-state index is 0.0210. The molecule has 2 aliphatic carbocycles. The Hall–Kier alpha value is -3.46. The molecule has 2 aromatic heterocycles. The van der Waals surface area contributed by atoms with E-state index in [1.54, 1.807) is 6.08 Å². The molecule has 1 fully saturated rings. The standard InChI is InChI=1S/C23H23ClN4O5/c1-4-9-33-22(30)14-5-6-15-13(12(14)2)7-8-16(15)26-21(29)18-10-17(23(31)32-3)25-20-11-19(24)27-28(18)20/h4,6,10-11,14,16H,1,5,7-9H2,2-3H3,(H,26,29). The zero-order chi connectivity index (χ0) is 23.7. The molecule has 2 unspecified atom stereocenters. The van der Waals surface area contributed by atoms with Gasteiger partial charge in [0.2, 0.25) is 0 Å². The summed E-state index contributed by atoms with van der Waals surface area (Å²) in [4.78, 5) is 41.8. The first-order chi connectivity index (χ1) is 15.8. The van der Waals surface area contributed by atoms with Crippen molar-refractivity contribution < 1.29 is 23.9 Å². The number of esters is 2. The molecule has 2 aromatic rings. The number of methoxy groups -OCH3 is 1. The van der Waals surface area contributed by atoms with E-state index < -0.39 is 11.9 Å². The van der Waals surface area contributed by atoms with Crippen molar-refractivity contribution in [2.45, 2.75) is 32.2 Å². The largest absolute Gasteiger partial charge is 0.464 e. The topological polar surface area (TPSA) is 112 Å². The van der Waals surface area contributed by atoms with Crippen molar-refractivity contribution in [1.82, 2.24) is 19.9 Å². The Kier molecular flexibility index (Phi) is 6.33. The Morgan fingerprint density at radius 1 is 1.36 bits per heavy atom. The molecule has 0 saturated heterocycles. The smallest absolute Gasteiger partial charge is 0.356 e. The quantitative estimate of drug-likeness (QED) is 0.510. The number of nitrogens with zero attached hydrogens (tertiary/aromatic N) is 3. The summed E-state index contributed by atoms with van der Waals surface area (Å²) in [7, 11) is 1.24. The summed E-state index contributed by atoms with van der Waals surface area (Å²) in [5.74, 6) is -1.70. The number of fused-ring (bicyclic) bond motifs is 2. The molecule has 10 heteroatoms. The fraction of sp³-hybridized carbons (Fsp3) is 0.348. The maximum Gasteiger partial charge on any atom is 0.356 e. The fourth-order valence-corrected chi connectivity index (χ4v) is 4.51. The number of hydrogen-bond donors (Lipinski definition) is 1. The first kappa shape index (κ1) is 22.7. The van der Waals surface area contributed by atoms with Gasteiger partial charge < -0.3 is 14.8 Å². The minimum atomic E-state index is -0.671. The Labute approximate surface area is 195 Å². The Morgan fingerprint density at radius 2 is 2.15 bits per heavy atom. The highest BCUT2D eigenvalue weighted by Gasteiger charge is 2.35. The van der Waals surface area contributed by atoms with Gasteiger partial charge in [0.15, 0.2) is 16.5 Å². The molecule has 0 aromatic carbocycles. The van der Waals surface area contributed by atoms with Gasteiger partial charge >= 0.3 is 11.9 Å². The number of hydrogen-bond acceptors (Lipinski definition) is 7. The predicted octanol–water partition coefficient (Wildman–Crippen LogP) is 3.05. The first-order valence-corrected chi connectivity index (χ1v) is 10.8. The van der Waals surface area contributed by atoms with Crippen LogP contribution in [0.15, 0.2) is 47.6 Å². The normalized spacial score (nSPS) is 19.7. The molecule has 1 N–H and O–H groups in total. The minimum Gasteiger partial charge on any atom is -0.464 e. The summed E-state index contributed by atoms with van der Waals surface area (Å²) in [6.45, 7) is 5.68. The summed E-state index contributed by atoms with van der Waals surface area (Å²) >= 11 is 6.00. The first-order valence-electron chi connectivity index (χ1n) is 10.5. The SMILES string of the molecule is C=CCOC(=O)C1CC=C2C(=C1C)CCC2NC(=O)c1cc(C(=O)OC)nc2cc(Cl)nn12. The van der Waals surface area contributed by atoms with Crippen LogP contribution in [0.2, 0.25) is 5.15 Å². The third-order valence-corrected chi connectivity index (χ3v) is 6.12. The molecule has 0 radical (unpaired) electrons. The predicted molar refractivity (Wildman–Crippen MR) is 120 cm³/mol. The van der Waals surface area contributed by atoms with Gasteiger partial charge in [0.05, 0.1) is 19.1 Å². The van der Waals surface area contributed by atoms with Crippen molar-refractivity contribution >= 4 is 35.1 Å². The van der Waals surface area contributed by atoms with Crippen molar-refractivity contribution in [2.24, 2.45) is 5.92 Å². The molecule has 1 amide bonds. The summed E-state index contributed by atoms with van der Waals surface area (Å²) in [6.07, 6.45) is 5.47. The number of allylic oxidation sites excluding steroid dienone is 1. The summed E-state index contributed by atoms with van der Waals surface area (Å²) in [5.41, 5.74) is 3.40. The molecule has 9 nitrogen and oxygen atoms in total. The molecular formula is C23H23ClN4O5. The van der Waals surface area contributed by atoms with Gasteiger partial charge in [-0.25, -0.2) is 14.3 Å². The van der Waals surface area contributed by atoms with Crippen molar-refractivity contribution in [3.63, 3.8) is 0 Å². The summed E-state index contributed by atoms with van der Waals surface area (Å²) < 4.78 is 11.3. The van der Waals surface area contributed by atoms with Crippen LogP contribution >= 0.6 is 11.6 Å². The zero-order valence-electron chi connectivity index (χ0n) is 18.3. The molecule has 2 atom stereocenters. The van der Waals surface area contributed by atoms with Gasteiger partial charge in [0.1, 0.15) is 12.3 Å². The number of nitrogens with one attached hydrogen (secondary N) is 1. The molecule has 0 bridgehead atoms. The van der Waals surface area contributed by atoms with Gasteiger partial charge in [0, 0.05) is 12.1 Å². The van der Waals surface area contributed by atoms with Crippen molar-refractivity contribution in [1.29, 1.82) is 0 Å². The van der Waals surface area contributed by atoms with Crippen LogP contribution in [0.5, 0.6) is 0 Å². The number of amides is 1. The Morgan fingerprint density at radius 3 is 2.88 bits per heavy atom. The number of aromatic nitrogens is 3. The third kappa shape index (κ3) is 4.28. The van der Waals surface area contributed by atoms with E-state index in [2.05, 4.69) is 22.0 Å². The van der Waals surface area contributed by atoms with Crippen LogP contribution < -0.4 is 5.32 Å². The van der Waals surface area contributed by atoms with Crippen LogP contribution in [0.25, 0.3) is 5.65 Å². The summed E-state index contributed by atoms with van der Waals surface area (Å²) in [6, 6.07) is 2.55. The van der Waals surface area contributed by atoms with Gasteiger partial charge in [0.25, 0.3) is 5.91 Å². The van der Waals surface area contributed by atoms with E-state index in [0.717, 1.165) is 23.1 Å². The highest BCUT2D eigenvalue weighted by atomic mass is 35.5. The number of ether oxygens (including phenoxy) is 2. The van der Waals surface area contributed by atoms with Crippen LogP contribution in [0.1, 0.15) is 47.2 Å². The molecular weight excluding hydrogens is 448 g/mol. The highest BCUT2D eigenvalue weighted by molar-refractivity contribution is 6.29. The van der Waals surface area contributed by atoms with Gasteiger partial charge in [-0.3, -0.25) is 9.59 Å². The number of rotatable bonds is 6. The van der Waals surface area contributed by atoms with Gasteiger partial charge in [-0.05, 0) is 37.3 Å². The van der Waals surface area contributed by atoms with Crippen molar-refractivity contribution in [2.75, 3.05) is 13.7 Å². The third-order valence-electron chi connectivity index (χ3n) is 5.94. The van der Waals surface area contributed by atoms with Crippen LogP contribution in [-0.4, -0.2) is 52.2 Å². The maximum atomic E-state index is 13.2. The molecule has 4 rings (SSSR count). The fourth-order valence-electron chi connectivity index (χ4n) is 4.34.